The van der Waals surface area contributed by atoms with E-state index in [0.29, 0.717) is 32.7 Å². The molecule has 0 spiro atoms. The van der Waals surface area contributed by atoms with E-state index in [1.54, 1.807) is 7.11 Å². The molecular formula is C28H65F3NO9SSi5+. The fraction of sp³-hybridized carbons (Fsp3) is 0.964. The van der Waals surface area contributed by atoms with E-state index in [1.165, 1.54) is 0 Å². The van der Waals surface area contributed by atoms with Crippen LogP contribution in [0.4, 0.5) is 13.2 Å². The van der Waals surface area contributed by atoms with E-state index in [2.05, 4.69) is 65.5 Å². The highest BCUT2D eigenvalue weighted by molar-refractivity contribution is 7.85. The summed E-state index contributed by atoms with van der Waals surface area (Å²) < 4.78 is 97.6. The van der Waals surface area contributed by atoms with Gasteiger partial charge >= 0.3 is 47.1 Å². The normalized spacial score (nSPS) is 16.2. The summed E-state index contributed by atoms with van der Waals surface area (Å²) >= 11 is 0. The van der Waals surface area contributed by atoms with Crippen molar-refractivity contribution in [2.75, 3.05) is 26.9 Å². The molecule has 0 aliphatic carbocycles. The van der Waals surface area contributed by atoms with Gasteiger partial charge in [-0.25, -0.2) is 4.79 Å². The molecule has 1 amide bonds. The van der Waals surface area contributed by atoms with Gasteiger partial charge in [0.15, 0.2) is 16.6 Å². The van der Waals surface area contributed by atoms with E-state index in [9.17, 15) is 26.4 Å². The van der Waals surface area contributed by atoms with Gasteiger partial charge in [0.1, 0.15) is 0 Å². The van der Waals surface area contributed by atoms with Crippen LogP contribution < -0.4 is 4.72 Å². The number of amides is 1. The molecule has 47 heavy (non-hydrogen) atoms. The van der Waals surface area contributed by atoms with E-state index in [-0.39, 0.29) is 11.1 Å². The van der Waals surface area contributed by atoms with E-state index < -0.39 is 63.8 Å². The monoisotopic (exact) mass is 788 g/mol. The number of ether oxygens (including phenoxy) is 2. The second-order valence-electron chi connectivity index (χ2n) is 14.9. The van der Waals surface area contributed by atoms with Gasteiger partial charge in [-0.2, -0.15) is 26.3 Å². The van der Waals surface area contributed by atoms with Crippen LogP contribution in [0.25, 0.3) is 0 Å². The minimum Gasteiger partial charge on any atom is -0.437 e. The first-order valence-electron chi connectivity index (χ1n) is 16.8. The predicted molar refractivity (Wildman–Crippen MR) is 192 cm³/mol. The quantitative estimate of drug-likeness (QED) is 0.0688. The lowest BCUT2D eigenvalue weighted by molar-refractivity contribution is -0.422. The fourth-order valence-corrected chi connectivity index (χ4v) is 29.9. The number of sulfonamides is 1. The Morgan fingerprint density at radius 1 is 0.617 bits per heavy atom. The number of halogens is 3. The number of rotatable bonds is 27. The third-order valence-electron chi connectivity index (χ3n) is 6.73. The van der Waals surface area contributed by atoms with Crippen LogP contribution in [0.2, 0.25) is 77.6 Å². The Morgan fingerprint density at radius 2 is 1.09 bits per heavy atom. The van der Waals surface area contributed by atoms with Crippen LogP contribution >= 0.6 is 0 Å². The van der Waals surface area contributed by atoms with E-state index in [1.807, 2.05) is 0 Å². The van der Waals surface area contributed by atoms with Gasteiger partial charge in [-0.15, -0.1) is 0 Å². The molecule has 0 aromatic carbocycles. The number of hydrogen-bond acceptors (Lipinski definition) is 9. The summed E-state index contributed by atoms with van der Waals surface area (Å²) in [6.45, 7) is 23.4. The van der Waals surface area contributed by atoms with Crippen LogP contribution in [0, 0.1) is 0 Å². The van der Waals surface area contributed by atoms with E-state index in [0.717, 1.165) is 57.0 Å². The van der Waals surface area contributed by atoms with Gasteiger partial charge in [0.25, 0.3) is 0 Å². The molecule has 2 N–H and O–H groups in total. The highest BCUT2D eigenvalue weighted by Crippen LogP contribution is 2.32. The first-order chi connectivity index (χ1) is 21.2. The number of quaternary nitrogens is 1. The molecule has 0 aliphatic rings. The standard InChI is InChI=1S/C28H64F3NO9SSi5/c1-36-23-24-37-22-20-26-47(11,40-45(8,9)38-43(2,3)4)41-46(10,39-44(5,6)7)25-19-17-15-13-12-14-16-18-21-27(33)32-42(34,35)28(29,30)31/h12-26H2,1-11H3,(H,32,33)/p+1. The number of hydrogen-bond donors (Lipinski definition) is 1. The minimum absolute atomic E-state index is 0.195. The van der Waals surface area contributed by atoms with Gasteiger partial charge in [-0.05, 0) is 90.4 Å². The fourth-order valence-electron chi connectivity index (χ4n) is 5.47. The Bertz CT molecular complexity index is 1020. The average Bonchev–Trinajstić information content (AvgIpc) is 2.83. The highest BCUT2D eigenvalue weighted by atomic mass is 32.2. The summed E-state index contributed by atoms with van der Waals surface area (Å²) in [5.74, 6) is -1.01. The summed E-state index contributed by atoms with van der Waals surface area (Å²) in [6.07, 6.45) is 7.45. The van der Waals surface area contributed by atoms with Crippen LogP contribution in [0.1, 0.15) is 64.2 Å². The molecule has 0 aromatic rings. The van der Waals surface area contributed by atoms with Crippen LogP contribution in [0.3, 0.4) is 0 Å². The lowest BCUT2D eigenvalue weighted by atomic mass is 10.1. The number of carbonyl (C=O) groups excluding carboxylic acids is 1. The van der Waals surface area contributed by atoms with Crippen molar-refractivity contribution in [3.05, 3.63) is 0 Å². The van der Waals surface area contributed by atoms with Crippen LogP contribution in [0.15, 0.2) is 0 Å². The SMILES string of the molecule is COCCOCCC[Si](C)(O[Si](C)(C)O[Si](C)(C)C)O[Si](C)(CCCCCCCCCCC(=O)[NH2+]S(=O)(=O)C(F)(F)F)O[Si](C)(C)C. The Labute approximate surface area is 288 Å². The maximum atomic E-state index is 12.4. The zero-order chi connectivity index (χ0) is 36.6. The molecule has 0 saturated heterocycles. The maximum absolute atomic E-state index is 12.4. The first-order valence-corrected chi connectivity index (χ1v) is 33.0. The third-order valence-corrected chi connectivity index (χ3v) is 26.2. The lowest BCUT2D eigenvalue weighted by Crippen LogP contribution is -2.93. The van der Waals surface area contributed by atoms with Gasteiger partial charge in [0.05, 0.1) is 19.6 Å². The third kappa shape index (κ3) is 24.1. The number of primary amides is 1. The molecule has 0 bridgehead atoms. The Kier molecular flexibility index (Phi) is 21.0. The molecule has 0 aromatic heterocycles. The van der Waals surface area contributed by atoms with Crippen LogP contribution in [-0.4, -0.2) is 89.1 Å². The smallest absolute Gasteiger partial charge is 0.437 e. The summed E-state index contributed by atoms with van der Waals surface area (Å²) in [5.41, 5.74) is -5.44. The molecular weight excluding hydrogens is 724 g/mol. The number of methoxy groups -OCH3 is 1. The average molecular weight is 789 g/mol. The second kappa shape index (κ2) is 20.9. The molecule has 0 fully saturated rings. The molecule has 0 saturated carbocycles. The van der Waals surface area contributed by atoms with Crippen molar-refractivity contribution in [2.24, 2.45) is 0 Å². The minimum atomic E-state index is -5.52. The summed E-state index contributed by atoms with van der Waals surface area (Å²) in [6, 6.07) is 1.65. The Morgan fingerprint density at radius 3 is 1.57 bits per heavy atom. The van der Waals surface area contributed by atoms with Crippen molar-refractivity contribution in [3.8, 4) is 0 Å². The number of unbranched alkanes of at least 4 members (excludes halogenated alkanes) is 7. The van der Waals surface area contributed by atoms with Crippen molar-refractivity contribution in [1.29, 1.82) is 0 Å². The predicted octanol–water partition coefficient (Wildman–Crippen LogP) is 7.07. The molecule has 19 heteroatoms. The van der Waals surface area contributed by atoms with Crippen molar-refractivity contribution in [2.45, 2.75) is 147 Å². The summed E-state index contributed by atoms with van der Waals surface area (Å²) in [5, 5.41) is 0. The molecule has 282 valence electrons. The van der Waals surface area contributed by atoms with Crippen LogP contribution in [0.5, 0.6) is 0 Å². The van der Waals surface area contributed by atoms with Crippen molar-refractivity contribution >= 4 is 58.2 Å². The number of primary sulfonamides is 1. The number of alkyl halides is 3. The molecule has 2 atom stereocenters. The first kappa shape index (κ1) is 47.2. The van der Waals surface area contributed by atoms with Gasteiger partial charge in [0.2, 0.25) is 0 Å². The van der Waals surface area contributed by atoms with Gasteiger partial charge < -0.3 is 25.9 Å². The molecule has 0 heterocycles. The van der Waals surface area contributed by atoms with Crippen LogP contribution in [-0.2, 0) is 40.8 Å². The number of nitrogens with two attached hydrogens (primary N) is 1. The summed E-state index contributed by atoms with van der Waals surface area (Å²) in [4.78, 5) is 11.6. The topological polar surface area (TPSA) is 123 Å². The molecule has 0 radical (unpaired) electrons. The molecule has 10 nitrogen and oxygen atoms in total. The molecule has 0 rings (SSSR count). The van der Waals surface area contributed by atoms with Gasteiger partial charge in [-0.3, -0.25) is 0 Å². The zero-order valence-corrected chi connectivity index (χ0v) is 36.7. The highest BCUT2D eigenvalue weighted by Gasteiger charge is 2.51. The lowest BCUT2D eigenvalue weighted by Gasteiger charge is -2.44. The zero-order valence-electron chi connectivity index (χ0n) is 30.9. The van der Waals surface area contributed by atoms with Crippen molar-refractivity contribution in [1.82, 2.24) is 0 Å². The Hall–Kier alpha value is 0.214. The summed E-state index contributed by atoms with van der Waals surface area (Å²) in [7, 11) is -15.4. The van der Waals surface area contributed by atoms with Gasteiger partial charge in [0, 0.05) is 13.7 Å². The Balaban J connectivity index is 5.06. The molecule has 0 aliphatic heterocycles. The van der Waals surface area contributed by atoms with E-state index >= 15 is 0 Å². The second-order valence-corrected chi connectivity index (χ2v) is 36.8. The van der Waals surface area contributed by atoms with Crippen molar-refractivity contribution in [3.63, 3.8) is 0 Å². The largest absolute Gasteiger partial charge is 0.549 e. The van der Waals surface area contributed by atoms with Gasteiger partial charge in [-0.1, -0.05) is 44.9 Å². The number of carbonyl (C=O) groups is 1. The molecule has 2 unspecified atom stereocenters. The van der Waals surface area contributed by atoms with E-state index in [4.69, 9.17) is 25.9 Å². The van der Waals surface area contributed by atoms with Crippen molar-refractivity contribution < 1.29 is 57.0 Å². The maximum Gasteiger partial charge on any atom is 0.549 e.